The molecule has 2 heterocycles. The SMILES string of the molecule is CNC(=O)[C@H]1CC[C@H]2OCCN(Cc3nccn3C)[C@@H]2C1. The Balaban J connectivity index is 1.71. The van der Waals surface area contributed by atoms with Gasteiger partial charge in [0.15, 0.2) is 0 Å². The number of morpholine rings is 1. The molecule has 1 N–H and O–H groups in total. The van der Waals surface area contributed by atoms with Crippen LogP contribution in [0.15, 0.2) is 12.4 Å². The maximum atomic E-state index is 11.9. The third kappa shape index (κ3) is 2.96. The molecule has 0 bridgehead atoms. The van der Waals surface area contributed by atoms with Crippen molar-refractivity contribution in [2.24, 2.45) is 13.0 Å². The highest BCUT2D eigenvalue weighted by Crippen LogP contribution is 2.33. The number of hydrogen-bond acceptors (Lipinski definition) is 4. The maximum absolute atomic E-state index is 11.9. The monoisotopic (exact) mass is 292 g/mol. The number of aryl methyl sites for hydroxylation is 1. The second-order valence-electron chi connectivity index (χ2n) is 6.03. The van der Waals surface area contributed by atoms with Crippen LogP contribution in [0.25, 0.3) is 0 Å². The van der Waals surface area contributed by atoms with Gasteiger partial charge < -0.3 is 14.6 Å². The topological polar surface area (TPSA) is 59.4 Å². The van der Waals surface area contributed by atoms with Crippen LogP contribution in [-0.4, -0.2) is 52.7 Å². The van der Waals surface area contributed by atoms with Gasteiger partial charge in [0.2, 0.25) is 5.91 Å². The first-order chi connectivity index (χ1) is 10.2. The highest BCUT2D eigenvalue weighted by Gasteiger charge is 2.39. The molecule has 3 rings (SSSR count). The lowest BCUT2D eigenvalue weighted by molar-refractivity contribution is -0.133. The third-order valence-corrected chi connectivity index (χ3v) is 4.82. The molecular weight excluding hydrogens is 268 g/mol. The summed E-state index contributed by atoms with van der Waals surface area (Å²) < 4.78 is 7.98. The summed E-state index contributed by atoms with van der Waals surface area (Å²) in [6.07, 6.45) is 6.86. The summed E-state index contributed by atoms with van der Waals surface area (Å²) in [6.45, 7) is 2.51. The lowest BCUT2D eigenvalue weighted by Crippen LogP contribution is -2.55. The molecule has 1 aliphatic carbocycles. The van der Waals surface area contributed by atoms with Crippen molar-refractivity contribution in [2.75, 3.05) is 20.2 Å². The molecular formula is C15H24N4O2. The van der Waals surface area contributed by atoms with Gasteiger partial charge in [-0.25, -0.2) is 4.98 Å². The van der Waals surface area contributed by atoms with Crippen LogP contribution in [0.2, 0.25) is 0 Å². The molecule has 1 saturated heterocycles. The van der Waals surface area contributed by atoms with Crippen LogP contribution < -0.4 is 5.32 Å². The zero-order valence-corrected chi connectivity index (χ0v) is 12.8. The van der Waals surface area contributed by atoms with E-state index >= 15 is 0 Å². The normalized spacial score (nSPS) is 29.9. The predicted octanol–water partition coefficient (Wildman–Crippen LogP) is 0.536. The van der Waals surface area contributed by atoms with Gasteiger partial charge in [-0.05, 0) is 19.3 Å². The molecule has 0 radical (unpaired) electrons. The van der Waals surface area contributed by atoms with E-state index in [-0.39, 0.29) is 17.9 Å². The van der Waals surface area contributed by atoms with Gasteiger partial charge in [0, 0.05) is 45.0 Å². The van der Waals surface area contributed by atoms with E-state index in [1.165, 1.54) is 0 Å². The average Bonchev–Trinajstić information content (AvgIpc) is 2.91. The van der Waals surface area contributed by atoms with Gasteiger partial charge in [-0.3, -0.25) is 9.69 Å². The van der Waals surface area contributed by atoms with E-state index in [4.69, 9.17) is 4.74 Å². The predicted molar refractivity (Wildman–Crippen MR) is 78.6 cm³/mol. The highest BCUT2D eigenvalue weighted by atomic mass is 16.5. The van der Waals surface area contributed by atoms with E-state index in [2.05, 4.69) is 19.8 Å². The highest BCUT2D eigenvalue weighted by molar-refractivity contribution is 5.78. The molecule has 6 nitrogen and oxygen atoms in total. The largest absolute Gasteiger partial charge is 0.375 e. The van der Waals surface area contributed by atoms with E-state index in [1.807, 2.05) is 19.4 Å². The molecule has 2 fully saturated rings. The van der Waals surface area contributed by atoms with Crippen LogP contribution in [-0.2, 0) is 23.1 Å². The van der Waals surface area contributed by atoms with Gasteiger partial charge in [-0.15, -0.1) is 0 Å². The van der Waals surface area contributed by atoms with Crippen molar-refractivity contribution >= 4 is 5.91 Å². The molecule has 2 aliphatic rings. The summed E-state index contributed by atoms with van der Waals surface area (Å²) in [5.41, 5.74) is 0. The second-order valence-corrected chi connectivity index (χ2v) is 6.03. The number of carbonyl (C=O) groups excluding carboxylic acids is 1. The van der Waals surface area contributed by atoms with E-state index < -0.39 is 0 Å². The van der Waals surface area contributed by atoms with Crippen LogP contribution in [0.3, 0.4) is 0 Å². The zero-order chi connectivity index (χ0) is 14.8. The summed E-state index contributed by atoms with van der Waals surface area (Å²) in [4.78, 5) is 18.8. The van der Waals surface area contributed by atoms with Gasteiger partial charge in [0.05, 0.1) is 19.3 Å². The van der Waals surface area contributed by atoms with Gasteiger partial charge in [0.1, 0.15) is 5.82 Å². The molecule has 1 saturated carbocycles. The smallest absolute Gasteiger partial charge is 0.222 e. The number of nitrogens with one attached hydrogen (secondary N) is 1. The van der Waals surface area contributed by atoms with Crippen LogP contribution in [0.5, 0.6) is 0 Å². The number of hydrogen-bond donors (Lipinski definition) is 1. The van der Waals surface area contributed by atoms with Crippen molar-refractivity contribution in [3.8, 4) is 0 Å². The first-order valence-electron chi connectivity index (χ1n) is 7.72. The molecule has 1 aromatic rings. The molecule has 116 valence electrons. The van der Waals surface area contributed by atoms with E-state index in [1.54, 1.807) is 7.05 Å². The standard InChI is InChI=1S/C15H24N4O2/c1-16-15(20)11-3-4-13-12(9-11)19(7-8-21-13)10-14-17-5-6-18(14)2/h5-6,11-13H,3-4,7-10H2,1-2H3,(H,16,20)/t11-,12+,13+/m0/s1. The molecule has 0 aromatic carbocycles. The van der Waals surface area contributed by atoms with E-state index in [9.17, 15) is 4.79 Å². The molecule has 6 heteroatoms. The Bertz CT molecular complexity index is 502. The minimum absolute atomic E-state index is 0.113. The number of aromatic nitrogens is 2. The summed E-state index contributed by atoms with van der Waals surface area (Å²) in [5.74, 6) is 1.34. The van der Waals surface area contributed by atoms with Crippen molar-refractivity contribution in [3.63, 3.8) is 0 Å². The fourth-order valence-electron chi connectivity index (χ4n) is 3.55. The van der Waals surface area contributed by atoms with Gasteiger partial charge in [-0.1, -0.05) is 0 Å². The summed E-state index contributed by atoms with van der Waals surface area (Å²) in [7, 11) is 3.74. The number of rotatable bonds is 3. The van der Waals surface area contributed by atoms with Crippen molar-refractivity contribution in [3.05, 3.63) is 18.2 Å². The molecule has 1 aromatic heterocycles. The van der Waals surface area contributed by atoms with Crippen molar-refractivity contribution in [1.82, 2.24) is 19.8 Å². The first kappa shape index (κ1) is 14.5. The fourth-order valence-corrected chi connectivity index (χ4v) is 3.55. The Morgan fingerprint density at radius 2 is 2.38 bits per heavy atom. The number of nitrogens with zero attached hydrogens (tertiary/aromatic N) is 3. The van der Waals surface area contributed by atoms with Crippen LogP contribution in [0, 0.1) is 5.92 Å². The van der Waals surface area contributed by atoms with Crippen molar-refractivity contribution in [1.29, 1.82) is 0 Å². The number of amides is 1. The average molecular weight is 292 g/mol. The Hall–Kier alpha value is -1.40. The van der Waals surface area contributed by atoms with Gasteiger partial charge in [-0.2, -0.15) is 0 Å². The Morgan fingerprint density at radius 3 is 3.10 bits per heavy atom. The Labute approximate surface area is 125 Å². The van der Waals surface area contributed by atoms with E-state index in [0.29, 0.717) is 6.04 Å². The Morgan fingerprint density at radius 1 is 1.52 bits per heavy atom. The summed E-state index contributed by atoms with van der Waals surface area (Å²) in [5, 5.41) is 2.78. The molecule has 21 heavy (non-hydrogen) atoms. The van der Waals surface area contributed by atoms with Crippen molar-refractivity contribution in [2.45, 2.75) is 38.0 Å². The molecule has 0 unspecified atom stereocenters. The van der Waals surface area contributed by atoms with Gasteiger partial charge in [0.25, 0.3) is 0 Å². The summed E-state index contributed by atoms with van der Waals surface area (Å²) >= 11 is 0. The third-order valence-electron chi connectivity index (χ3n) is 4.82. The second kappa shape index (κ2) is 6.15. The minimum atomic E-state index is 0.113. The fraction of sp³-hybridized carbons (Fsp3) is 0.733. The number of carbonyl (C=O) groups is 1. The summed E-state index contributed by atoms with van der Waals surface area (Å²) in [6, 6.07) is 0.325. The van der Waals surface area contributed by atoms with Crippen LogP contribution >= 0.6 is 0 Å². The number of ether oxygens (including phenoxy) is 1. The minimum Gasteiger partial charge on any atom is -0.375 e. The molecule has 1 aliphatic heterocycles. The maximum Gasteiger partial charge on any atom is 0.222 e. The van der Waals surface area contributed by atoms with Crippen molar-refractivity contribution < 1.29 is 9.53 Å². The lowest BCUT2D eigenvalue weighted by Gasteiger charge is -2.45. The lowest BCUT2D eigenvalue weighted by atomic mass is 9.81. The van der Waals surface area contributed by atoms with E-state index in [0.717, 1.165) is 44.8 Å². The number of fused-ring (bicyclic) bond motifs is 1. The van der Waals surface area contributed by atoms with Crippen LogP contribution in [0.4, 0.5) is 0 Å². The number of imidazole rings is 1. The van der Waals surface area contributed by atoms with Crippen LogP contribution in [0.1, 0.15) is 25.1 Å². The molecule has 1 amide bonds. The Kier molecular flexibility index (Phi) is 4.26. The first-order valence-corrected chi connectivity index (χ1v) is 7.72. The quantitative estimate of drug-likeness (QED) is 0.883. The zero-order valence-electron chi connectivity index (χ0n) is 12.8. The molecule has 0 spiro atoms. The van der Waals surface area contributed by atoms with Gasteiger partial charge >= 0.3 is 0 Å². The molecule has 3 atom stereocenters.